The molecule has 3 nitrogen and oxygen atoms in total. The SMILES string of the molecule is CC(C)(C)N[C@@](C)(Cc1ccccc1)C(=O)O. The number of rotatable bonds is 4. The third kappa shape index (κ3) is 4.19. The van der Waals surface area contributed by atoms with E-state index in [-0.39, 0.29) is 5.54 Å². The number of carboxylic acids is 1. The maximum Gasteiger partial charge on any atom is 0.323 e. The summed E-state index contributed by atoms with van der Waals surface area (Å²) in [6, 6.07) is 9.68. The van der Waals surface area contributed by atoms with Crippen molar-refractivity contribution in [2.45, 2.75) is 45.2 Å². The zero-order valence-corrected chi connectivity index (χ0v) is 10.9. The Kier molecular flexibility index (Phi) is 3.94. The zero-order chi connectivity index (χ0) is 13.1. The highest BCUT2D eigenvalue weighted by Gasteiger charge is 2.36. The molecule has 0 saturated carbocycles. The molecule has 0 bridgehead atoms. The number of hydrogen-bond donors (Lipinski definition) is 2. The van der Waals surface area contributed by atoms with Crippen molar-refractivity contribution in [1.82, 2.24) is 5.32 Å². The van der Waals surface area contributed by atoms with Gasteiger partial charge in [-0.2, -0.15) is 0 Å². The fourth-order valence-corrected chi connectivity index (χ4v) is 2.01. The van der Waals surface area contributed by atoms with Crippen LogP contribution >= 0.6 is 0 Å². The first-order chi connectivity index (χ1) is 7.73. The molecule has 1 aromatic carbocycles. The van der Waals surface area contributed by atoms with Gasteiger partial charge in [0.25, 0.3) is 0 Å². The van der Waals surface area contributed by atoms with Gasteiger partial charge in [-0.05, 0) is 33.3 Å². The molecule has 2 N–H and O–H groups in total. The van der Waals surface area contributed by atoms with Crippen molar-refractivity contribution in [3.63, 3.8) is 0 Å². The van der Waals surface area contributed by atoms with E-state index in [9.17, 15) is 9.90 Å². The lowest BCUT2D eigenvalue weighted by Gasteiger charge is -2.34. The number of hydrogen-bond acceptors (Lipinski definition) is 2. The molecule has 0 aliphatic carbocycles. The van der Waals surface area contributed by atoms with Crippen LogP contribution in [0.4, 0.5) is 0 Å². The van der Waals surface area contributed by atoms with Gasteiger partial charge in [-0.25, -0.2) is 0 Å². The third-order valence-electron chi connectivity index (χ3n) is 2.52. The van der Waals surface area contributed by atoms with E-state index in [0.29, 0.717) is 6.42 Å². The molecule has 1 atom stereocenters. The summed E-state index contributed by atoms with van der Waals surface area (Å²) in [6.45, 7) is 7.64. The molecule has 0 amide bonds. The van der Waals surface area contributed by atoms with Gasteiger partial charge >= 0.3 is 5.97 Å². The van der Waals surface area contributed by atoms with E-state index < -0.39 is 11.5 Å². The molecule has 3 heteroatoms. The number of aliphatic carboxylic acids is 1. The summed E-state index contributed by atoms with van der Waals surface area (Å²) < 4.78 is 0. The van der Waals surface area contributed by atoms with E-state index in [2.05, 4.69) is 5.32 Å². The van der Waals surface area contributed by atoms with Gasteiger partial charge in [-0.15, -0.1) is 0 Å². The molecule has 94 valence electrons. The van der Waals surface area contributed by atoms with Crippen molar-refractivity contribution >= 4 is 5.97 Å². The van der Waals surface area contributed by atoms with Crippen molar-refractivity contribution < 1.29 is 9.90 Å². The highest BCUT2D eigenvalue weighted by atomic mass is 16.4. The van der Waals surface area contributed by atoms with Gasteiger partial charge in [0, 0.05) is 12.0 Å². The lowest BCUT2D eigenvalue weighted by molar-refractivity contribution is -0.145. The Hall–Kier alpha value is -1.35. The molecule has 0 aliphatic heterocycles. The standard InChI is InChI=1S/C14H21NO2/c1-13(2,3)15-14(4,12(16)17)10-11-8-6-5-7-9-11/h5-9,15H,10H2,1-4H3,(H,16,17)/t14-/m0/s1. The first-order valence-corrected chi connectivity index (χ1v) is 5.80. The molecule has 0 spiro atoms. The molecule has 1 aromatic rings. The van der Waals surface area contributed by atoms with Gasteiger partial charge in [0.2, 0.25) is 0 Å². The molecule has 0 unspecified atom stereocenters. The minimum atomic E-state index is -0.945. The van der Waals surface area contributed by atoms with Gasteiger partial charge in [0.1, 0.15) is 5.54 Å². The summed E-state index contributed by atoms with van der Waals surface area (Å²) >= 11 is 0. The molecule has 0 fully saturated rings. The second-order valence-corrected chi connectivity index (χ2v) is 5.67. The van der Waals surface area contributed by atoms with Crippen LogP contribution in [-0.4, -0.2) is 22.2 Å². The Morgan fingerprint density at radius 3 is 2.12 bits per heavy atom. The molecule has 0 radical (unpaired) electrons. The number of carboxylic acid groups (broad SMARTS) is 1. The van der Waals surface area contributed by atoms with Crippen LogP contribution in [0.15, 0.2) is 30.3 Å². The van der Waals surface area contributed by atoms with Gasteiger partial charge in [-0.1, -0.05) is 30.3 Å². The summed E-state index contributed by atoms with van der Waals surface area (Å²) in [5.41, 5.74) is -0.157. The number of benzene rings is 1. The molecule has 0 heterocycles. The van der Waals surface area contributed by atoms with Crippen LogP contribution in [0.1, 0.15) is 33.3 Å². The Morgan fingerprint density at radius 1 is 1.18 bits per heavy atom. The second-order valence-electron chi connectivity index (χ2n) is 5.67. The largest absolute Gasteiger partial charge is 0.480 e. The number of nitrogens with one attached hydrogen (secondary N) is 1. The highest BCUT2D eigenvalue weighted by molar-refractivity contribution is 5.78. The van der Waals surface area contributed by atoms with Crippen LogP contribution < -0.4 is 5.32 Å². The molecule has 0 aliphatic rings. The average Bonchev–Trinajstić information content (AvgIpc) is 2.15. The van der Waals surface area contributed by atoms with Crippen molar-refractivity contribution in [1.29, 1.82) is 0 Å². The Morgan fingerprint density at radius 2 is 1.71 bits per heavy atom. The fourth-order valence-electron chi connectivity index (χ4n) is 2.01. The minimum absolute atomic E-state index is 0.234. The normalized spacial score (nSPS) is 15.3. The Balaban J connectivity index is 2.90. The Bertz CT molecular complexity index is 381. The summed E-state index contributed by atoms with van der Waals surface area (Å²) in [4.78, 5) is 11.4. The van der Waals surface area contributed by atoms with Crippen LogP contribution in [0, 0.1) is 0 Å². The van der Waals surface area contributed by atoms with E-state index in [4.69, 9.17) is 0 Å². The summed E-state index contributed by atoms with van der Waals surface area (Å²) in [6.07, 6.45) is 0.473. The van der Waals surface area contributed by atoms with E-state index in [1.165, 1.54) is 0 Å². The molecule has 1 rings (SSSR count). The van der Waals surface area contributed by atoms with E-state index in [1.807, 2.05) is 51.1 Å². The van der Waals surface area contributed by atoms with Crippen LogP contribution in [0.25, 0.3) is 0 Å². The number of carbonyl (C=O) groups is 1. The lowest BCUT2D eigenvalue weighted by atomic mass is 9.90. The van der Waals surface area contributed by atoms with Crippen molar-refractivity contribution in [2.24, 2.45) is 0 Å². The van der Waals surface area contributed by atoms with Gasteiger partial charge in [0.15, 0.2) is 0 Å². The maximum atomic E-state index is 11.4. The minimum Gasteiger partial charge on any atom is -0.480 e. The summed E-state index contributed by atoms with van der Waals surface area (Å²) in [5.74, 6) is -0.823. The van der Waals surface area contributed by atoms with Gasteiger partial charge < -0.3 is 5.11 Å². The van der Waals surface area contributed by atoms with Crippen molar-refractivity contribution in [3.8, 4) is 0 Å². The van der Waals surface area contributed by atoms with E-state index in [0.717, 1.165) is 5.56 Å². The summed E-state index contributed by atoms with van der Waals surface area (Å²) in [5, 5.41) is 12.6. The molecule has 0 aromatic heterocycles. The predicted molar refractivity (Wildman–Crippen MR) is 69.1 cm³/mol. The topological polar surface area (TPSA) is 49.3 Å². The van der Waals surface area contributed by atoms with Crippen molar-refractivity contribution in [2.75, 3.05) is 0 Å². The van der Waals surface area contributed by atoms with Crippen LogP contribution in [0.5, 0.6) is 0 Å². The van der Waals surface area contributed by atoms with E-state index in [1.54, 1.807) is 6.92 Å². The third-order valence-corrected chi connectivity index (χ3v) is 2.52. The predicted octanol–water partition coefficient (Wildman–Crippen LogP) is 2.46. The van der Waals surface area contributed by atoms with Crippen LogP contribution in [0.2, 0.25) is 0 Å². The van der Waals surface area contributed by atoms with E-state index >= 15 is 0 Å². The van der Waals surface area contributed by atoms with Gasteiger partial charge in [-0.3, -0.25) is 10.1 Å². The second kappa shape index (κ2) is 4.88. The maximum absolute atomic E-state index is 11.4. The monoisotopic (exact) mass is 235 g/mol. The summed E-state index contributed by atoms with van der Waals surface area (Å²) in [7, 11) is 0. The van der Waals surface area contributed by atoms with Crippen LogP contribution in [-0.2, 0) is 11.2 Å². The Labute approximate surface area is 103 Å². The average molecular weight is 235 g/mol. The molecular weight excluding hydrogens is 214 g/mol. The molecular formula is C14H21NO2. The fraction of sp³-hybridized carbons (Fsp3) is 0.500. The van der Waals surface area contributed by atoms with Crippen LogP contribution in [0.3, 0.4) is 0 Å². The molecule has 17 heavy (non-hydrogen) atoms. The lowest BCUT2D eigenvalue weighted by Crippen LogP contribution is -2.58. The first kappa shape index (κ1) is 13.7. The van der Waals surface area contributed by atoms with Gasteiger partial charge in [0.05, 0.1) is 0 Å². The first-order valence-electron chi connectivity index (χ1n) is 5.80. The smallest absolute Gasteiger partial charge is 0.323 e. The van der Waals surface area contributed by atoms with Crippen molar-refractivity contribution in [3.05, 3.63) is 35.9 Å². The highest BCUT2D eigenvalue weighted by Crippen LogP contribution is 2.17. The molecule has 0 saturated heterocycles. The quantitative estimate of drug-likeness (QED) is 0.842. The zero-order valence-electron chi connectivity index (χ0n) is 10.9.